The Hall–Kier alpha value is -0.370. The van der Waals surface area contributed by atoms with E-state index in [-0.39, 0.29) is 11.3 Å². The van der Waals surface area contributed by atoms with Crippen LogP contribution < -0.4 is 0 Å². The summed E-state index contributed by atoms with van der Waals surface area (Å²) in [6.45, 7) is 2.16. The highest BCUT2D eigenvalue weighted by atomic mass is 16.3. The Bertz CT molecular complexity index is 360. The van der Waals surface area contributed by atoms with E-state index >= 15 is 0 Å². The van der Waals surface area contributed by atoms with Gasteiger partial charge >= 0.3 is 0 Å². The highest BCUT2D eigenvalue weighted by molar-refractivity contribution is 5.57. The Morgan fingerprint density at radius 3 is 2.50 bits per heavy atom. The van der Waals surface area contributed by atoms with Crippen LogP contribution in [0.25, 0.3) is 0 Å². The van der Waals surface area contributed by atoms with Crippen LogP contribution in [0.2, 0.25) is 0 Å². The van der Waals surface area contributed by atoms with E-state index in [1.165, 1.54) is 44.9 Å². The van der Waals surface area contributed by atoms with Crippen molar-refractivity contribution < 1.29 is 9.90 Å². The fraction of sp³-hybridized carbons (Fsp3) is 0.944. The predicted octanol–water partition coefficient (Wildman–Crippen LogP) is 4.10. The molecule has 0 bridgehead atoms. The van der Waals surface area contributed by atoms with Gasteiger partial charge < -0.3 is 9.90 Å². The molecular weight excluding hydrogens is 248 g/mol. The average Bonchev–Trinajstić information content (AvgIpc) is 2.71. The molecule has 3 fully saturated rings. The summed E-state index contributed by atoms with van der Waals surface area (Å²) in [5.41, 5.74) is -0.700. The molecule has 0 radical (unpaired) electrons. The number of fused-ring (bicyclic) bond motifs is 1. The van der Waals surface area contributed by atoms with E-state index in [1.807, 2.05) is 0 Å². The lowest BCUT2D eigenvalue weighted by Gasteiger charge is -2.49. The average molecular weight is 278 g/mol. The van der Waals surface area contributed by atoms with Crippen molar-refractivity contribution in [3.63, 3.8) is 0 Å². The van der Waals surface area contributed by atoms with Crippen molar-refractivity contribution in [2.75, 3.05) is 0 Å². The molecule has 114 valence electrons. The van der Waals surface area contributed by atoms with Gasteiger partial charge in [-0.3, -0.25) is 0 Å². The maximum atomic E-state index is 11.3. The fourth-order valence-electron chi connectivity index (χ4n) is 5.49. The van der Waals surface area contributed by atoms with Crippen LogP contribution in [0.1, 0.15) is 77.6 Å². The largest absolute Gasteiger partial charge is 0.389 e. The quantitative estimate of drug-likeness (QED) is 0.789. The summed E-state index contributed by atoms with van der Waals surface area (Å²) in [6.07, 6.45) is 14.4. The molecule has 2 nitrogen and oxygen atoms in total. The van der Waals surface area contributed by atoms with E-state index in [4.69, 9.17) is 0 Å². The molecule has 0 aromatic heterocycles. The van der Waals surface area contributed by atoms with Crippen molar-refractivity contribution in [1.82, 2.24) is 0 Å². The minimum atomic E-state index is -0.559. The minimum Gasteiger partial charge on any atom is -0.389 e. The number of hydrogen-bond acceptors (Lipinski definition) is 2. The van der Waals surface area contributed by atoms with Gasteiger partial charge in [0.2, 0.25) is 0 Å². The summed E-state index contributed by atoms with van der Waals surface area (Å²) < 4.78 is 0. The molecule has 3 aliphatic rings. The molecule has 0 aromatic rings. The molecule has 1 N–H and O–H groups in total. The van der Waals surface area contributed by atoms with E-state index in [1.54, 1.807) is 0 Å². The molecule has 4 atom stereocenters. The molecule has 3 saturated carbocycles. The van der Waals surface area contributed by atoms with Crippen molar-refractivity contribution in [1.29, 1.82) is 0 Å². The first-order valence-electron chi connectivity index (χ1n) is 8.75. The van der Waals surface area contributed by atoms with Crippen molar-refractivity contribution in [2.24, 2.45) is 23.2 Å². The van der Waals surface area contributed by atoms with Gasteiger partial charge in [0.15, 0.2) is 0 Å². The number of hydrogen-bond donors (Lipinski definition) is 1. The van der Waals surface area contributed by atoms with Gasteiger partial charge in [-0.2, -0.15) is 0 Å². The first-order chi connectivity index (χ1) is 9.57. The highest BCUT2D eigenvalue weighted by Crippen LogP contribution is 2.59. The molecule has 0 unspecified atom stereocenters. The third-order valence-electron chi connectivity index (χ3n) is 7.00. The zero-order chi connectivity index (χ0) is 14.2. The summed E-state index contributed by atoms with van der Waals surface area (Å²) in [5.74, 6) is 1.69. The maximum absolute atomic E-state index is 11.3. The standard InChI is InChI=1S/C18H30O2/c1-17-9-7-15(11-14-5-3-2-4-6-14)12-18(17,20)10-8-16(17)13-19/h13-16,20H,2-12H2,1H3/t15-,16+,17+,18-/m0/s1. The second-order valence-electron chi connectivity index (χ2n) is 8.08. The Morgan fingerprint density at radius 2 is 1.80 bits per heavy atom. The molecule has 0 amide bonds. The zero-order valence-electron chi connectivity index (χ0n) is 12.9. The summed E-state index contributed by atoms with van der Waals surface area (Å²) in [6, 6.07) is 0. The summed E-state index contributed by atoms with van der Waals surface area (Å²) in [4.78, 5) is 11.3. The zero-order valence-corrected chi connectivity index (χ0v) is 12.9. The van der Waals surface area contributed by atoms with Crippen molar-refractivity contribution in [3.8, 4) is 0 Å². The number of carbonyl (C=O) groups excluding carboxylic acids is 1. The van der Waals surface area contributed by atoms with Crippen LogP contribution in [0.3, 0.4) is 0 Å². The molecule has 0 spiro atoms. The molecule has 0 aromatic carbocycles. The number of aldehydes is 1. The Morgan fingerprint density at radius 1 is 1.05 bits per heavy atom. The lowest BCUT2D eigenvalue weighted by Crippen LogP contribution is -2.50. The number of rotatable bonds is 3. The summed E-state index contributed by atoms with van der Waals surface area (Å²) >= 11 is 0. The number of aliphatic hydroxyl groups is 1. The molecule has 20 heavy (non-hydrogen) atoms. The van der Waals surface area contributed by atoms with E-state index in [0.717, 1.165) is 37.9 Å². The summed E-state index contributed by atoms with van der Waals surface area (Å²) in [7, 11) is 0. The second-order valence-corrected chi connectivity index (χ2v) is 8.08. The van der Waals surface area contributed by atoms with Gasteiger partial charge in [0, 0.05) is 11.3 Å². The van der Waals surface area contributed by atoms with Gasteiger partial charge in [0.1, 0.15) is 6.29 Å². The molecule has 0 heterocycles. The molecule has 0 aliphatic heterocycles. The molecule has 0 saturated heterocycles. The third kappa shape index (κ3) is 2.34. The summed E-state index contributed by atoms with van der Waals surface area (Å²) in [5, 5.41) is 11.1. The van der Waals surface area contributed by atoms with Crippen LogP contribution in [0.15, 0.2) is 0 Å². The first-order valence-corrected chi connectivity index (χ1v) is 8.75. The smallest absolute Gasteiger partial charge is 0.123 e. The van der Waals surface area contributed by atoms with Gasteiger partial charge in [-0.15, -0.1) is 0 Å². The number of carbonyl (C=O) groups is 1. The molecule has 3 aliphatic carbocycles. The van der Waals surface area contributed by atoms with Gasteiger partial charge in [0.25, 0.3) is 0 Å². The van der Waals surface area contributed by atoms with Crippen LogP contribution in [0, 0.1) is 23.2 Å². The minimum absolute atomic E-state index is 0.0862. The van der Waals surface area contributed by atoms with Crippen molar-refractivity contribution in [2.45, 2.75) is 83.2 Å². The first kappa shape index (κ1) is 14.6. The second kappa shape index (κ2) is 5.44. The van der Waals surface area contributed by atoms with Crippen LogP contribution in [0.4, 0.5) is 0 Å². The van der Waals surface area contributed by atoms with Gasteiger partial charge in [-0.05, 0) is 50.4 Å². The monoisotopic (exact) mass is 278 g/mol. The van der Waals surface area contributed by atoms with Crippen LogP contribution in [-0.2, 0) is 4.79 Å². The Balaban J connectivity index is 1.64. The third-order valence-corrected chi connectivity index (χ3v) is 7.00. The van der Waals surface area contributed by atoms with Crippen LogP contribution in [0.5, 0.6) is 0 Å². The molecule has 3 rings (SSSR count). The lowest BCUT2D eigenvalue weighted by atomic mass is 9.59. The molecular formula is C18H30O2. The van der Waals surface area contributed by atoms with Crippen LogP contribution in [-0.4, -0.2) is 17.0 Å². The van der Waals surface area contributed by atoms with Gasteiger partial charge in [-0.25, -0.2) is 0 Å². The normalized spacial score (nSPS) is 46.1. The van der Waals surface area contributed by atoms with Crippen molar-refractivity contribution >= 4 is 6.29 Å². The Kier molecular flexibility index (Phi) is 3.96. The van der Waals surface area contributed by atoms with Crippen LogP contribution >= 0.6 is 0 Å². The maximum Gasteiger partial charge on any atom is 0.123 e. The Labute approximate surface area is 123 Å². The SMILES string of the molecule is C[C@]12CC[C@@H](CC3CCCCC3)C[C@@]1(O)CC[C@@H]2C=O. The van der Waals surface area contributed by atoms with Gasteiger partial charge in [-0.1, -0.05) is 39.0 Å². The van der Waals surface area contributed by atoms with E-state index in [0.29, 0.717) is 5.92 Å². The van der Waals surface area contributed by atoms with E-state index < -0.39 is 5.60 Å². The predicted molar refractivity (Wildman–Crippen MR) is 80.4 cm³/mol. The van der Waals surface area contributed by atoms with E-state index in [2.05, 4.69) is 6.92 Å². The van der Waals surface area contributed by atoms with E-state index in [9.17, 15) is 9.90 Å². The topological polar surface area (TPSA) is 37.3 Å². The lowest BCUT2D eigenvalue weighted by molar-refractivity contribution is -0.133. The highest BCUT2D eigenvalue weighted by Gasteiger charge is 2.58. The van der Waals surface area contributed by atoms with Crippen molar-refractivity contribution in [3.05, 3.63) is 0 Å². The fourth-order valence-corrected chi connectivity index (χ4v) is 5.49. The molecule has 2 heteroatoms. The van der Waals surface area contributed by atoms with Gasteiger partial charge in [0.05, 0.1) is 5.60 Å².